The number of hydrogen-bond acceptors (Lipinski definition) is 7. The molecule has 0 spiro atoms. The highest BCUT2D eigenvalue weighted by atomic mass is 16.6. The average Bonchev–Trinajstić information content (AvgIpc) is 3.30. The summed E-state index contributed by atoms with van der Waals surface area (Å²) in [7, 11) is 0. The first-order valence-electron chi connectivity index (χ1n) is 13.1. The van der Waals surface area contributed by atoms with Crippen LogP contribution in [0.2, 0.25) is 0 Å². The second kappa shape index (κ2) is 9.23. The summed E-state index contributed by atoms with van der Waals surface area (Å²) in [6.45, 7) is 8.97. The Balaban J connectivity index is 1.52. The number of ether oxygens (including phenoxy) is 3. The number of Topliss-reactive ketones (excluding diaryl/α,β-unsaturated/α-hetero) is 2. The van der Waals surface area contributed by atoms with E-state index in [0.29, 0.717) is 47.8 Å². The van der Waals surface area contributed by atoms with Crippen molar-refractivity contribution in [2.45, 2.75) is 84.8 Å². The Morgan fingerprint density at radius 1 is 1.20 bits per heavy atom. The second-order valence-electron chi connectivity index (χ2n) is 11.8. The van der Waals surface area contributed by atoms with Crippen molar-refractivity contribution >= 4 is 17.5 Å². The third-order valence-corrected chi connectivity index (χ3v) is 8.24. The predicted molar refractivity (Wildman–Crippen MR) is 129 cm³/mol. The predicted octanol–water partition coefficient (Wildman–Crippen LogP) is 4.13. The number of ketones is 2. The minimum Gasteiger partial charge on any atom is -0.497 e. The van der Waals surface area contributed by atoms with Gasteiger partial charge in [-0.25, -0.2) is 4.79 Å². The molecule has 1 saturated heterocycles. The number of dihydropyridines is 1. The maximum Gasteiger partial charge on any atom is 0.336 e. The number of allylic oxidation sites excluding steroid dienone is 4. The van der Waals surface area contributed by atoms with E-state index in [1.165, 1.54) is 6.26 Å². The van der Waals surface area contributed by atoms with Crippen molar-refractivity contribution in [1.82, 2.24) is 5.32 Å². The Morgan fingerprint density at radius 2 is 2.00 bits per heavy atom. The molecule has 2 fully saturated rings. The van der Waals surface area contributed by atoms with Crippen molar-refractivity contribution < 1.29 is 28.6 Å². The minimum absolute atomic E-state index is 0.00131. The van der Waals surface area contributed by atoms with Crippen molar-refractivity contribution in [3.8, 4) is 0 Å². The zero-order valence-corrected chi connectivity index (χ0v) is 21.3. The molecule has 5 unspecified atom stereocenters. The van der Waals surface area contributed by atoms with Crippen molar-refractivity contribution in [1.29, 1.82) is 0 Å². The number of carbonyl (C=O) groups excluding carboxylic acids is 3. The molecule has 0 aromatic rings. The van der Waals surface area contributed by atoms with Gasteiger partial charge in [0.25, 0.3) is 0 Å². The molecule has 1 N–H and O–H groups in total. The topological polar surface area (TPSA) is 90.9 Å². The molecule has 190 valence electrons. The van der Waals surface area contributed by atoms with Gasteiger partial charge in [0.15, 0.2) is 11.6 Å². The Hall–Kier alpha value is -2.41. The van der Waals surface area contributed by atoms with E-state index in [9.17, 15) is 14.4 Å². The molecule has 0 amide bonds. The summed E-state index contributed by atoms with van der Waals surface area (Å²) in [6, 6.07) is 0. The van der Waals surface area contributed by atoms with Gasteiger partial charge in [-0.2, -0.15) is 0 Å². The molecule has 3 aliphatic heterocycles. The fraction of sp³-hybridized carbons (Fsp3) is 0.679. The van der Waals surface area contributed by atoms with Crippen LogP contribution >= 0.6 is 0 Å². The Kier molecular flexibility index (Phi) is 6.41. The molecular weight excluding hydrogens is 446 g/mol. The third kappa shape index (κ3) is 4.59. The summed E-state index contributed by atoms with van der Waals surface area (Å²) in [5.74, 6) is -1.10. The molecule has 0 radical (unpaired) electrons. The number of nitrogens with one attached hydrogen (secondary N) is 1. The number of carbonyl (C=O) groups is 3. The highest BCUT2D eigenvalue weighted by Crippen LogP contribution is 2.48. The van der Waals surface area contributed by atoms with E-state index in [1.54, 1.807) is 0 Å². The van der Waals surface area contributed by atoms with Crippen LogP contribution in [0.15, 0.2) is 34.4 Å². The lowest BCUT2D eigenvalue weighted by molar-refractivity contribution is -0.142. The Labute approximate surface area is 207 Å². The molecule has 0 bridgehead atoms. The van der Waals surface area contributed by atoms with Gasteiger partial charge in [-0.15, -0.1) is 0 Å². The molecule has 3 heterocycles. The molecular formula is C28H37NO6. The zero-order valence-electron chi connectivity index (χ0n) is 21.3. The maximum atomic E-state index is 13.9. The van der Waals surface area contributed by atoms with Gasteiger partial charge in [-0.1, -0.05) is 20.8 Å². The molecule has 5 rings (SSSR count). The van der Waals surface area contributed by atoms with Gasteiger partial charge in [0.2, 0.25) is 0 Å². The molecule has 5 aliphatic rings. The number of hydrogen-bond donors (Lipinski definition) is 1. The lowest BCUT2D eigenvalue weighted by Crippen LogP contribution is -2.45. The van der Waals surface area contributed by atoms with E-state index >= 15 is 0 Å². The van der Waals surface area contributed by atoms with Gasteiger partial charge < -0.3 is 19.5 Å². The minimum atomic E-state index is -0.766. The fourth-order valence-electron chi connectivity index (χ4n) is 6.47. The summed E-state index contributed by atoms with van der Waals surface area (Å²) in [4.78, 5) is 40.8. The van der Waals surface area contributed by atoms with Crippen molar-refractivity contribution in [2.75, 3.05) is 13.2 Å². The van der Waals surface area contributed by atoms with Crippen LogP contribution in [-0.2, 0) is 28.6 Å². The van der Waals surface area contributed by atoms with Gasteiger partial charge in [-0.05, 0) is 56.8 Å². The van der Waals surface area contributed by atoms with Crippen molar-refractivity contribution in [3.63, 3.8) is 0 Å². The van der Waals surface area contributed by atoms with E-state index < -0.39 is 11.9 Å². The van der Waals surface area contributed by atoms with Gasteiger partial charge in [0.05, 0.1) is 29.8 Å². The van der Waals surface area contributed by atoms with E-state index in [0.717, 1.165) is 37.8 Å². The van der Waals surface area contributed by atoms with E-state index in [1.807, 2.05) is 6.92 Å². The maximum absolute atomic E-state index is 13.9. The smallest absolute Gasteiger partial charge is 0.336 e. The van der Waals surface area contributed by atoms with Crippen LogP contribution in [0.25, 0.3) is 0 Å². The lowest BCUT2D eigenvalue weighted by Gasteiger charge is -2.42. The van der Waals surface area contributed by atoms with Crippen molar-refractivity contribution in [3.05, 3.63) is 34.4 Å². The number of fused-ring (bicyclic) bond motifs is 1. The second-order valence-corrected chi connectivity index (χ2v) is 11.8. The first-order valence-corrected chi connectivity index (χ1v) is 13.1. The normalized spacial score (nSPS) is 34.5. The average molecular weight is 484 g/mol. The summed E-state index contributed by atoms with van der Waals surface area (Å²) < 4.78 is 17.4. The van der Waals surface area contributed by atoms with E-state index in [2.05, 4.69) is 26.1 Å². The SMILES string of the molecule is CC1=C(C(=O)OCC2CCCO2)C(C2=COC3CCC(C)CC3C2=O)C2=C(CC(C)(C)CC2=O)N1. The Bertz CT molecular complexity index is 1030. The molecule has 7 heteroatoms. The largest absolute Gasteiger partial charge is 0.497 e. The zero-order chi connectivity index (χ0) is 24.9. The summed E-state index contributed by atoms with van der Waals surface area (Å²) in [5.41, 5.74) is 2.49. The first-order chi connectivity index (χ1) is 16.6. The summed E-state index contributed by atoms with van der Waals surface area (Å²) in [6.07, 6.45) is 6.80. The standard InChI is InChI=1S/C28H37NO6/c1-15-7-8-22-18(10-15)26(31)19(14-34-22)24-23(27(32)35-13-17-6-5-9-33-17)16(2)29-20-11-28(3,4)12-21(30)25(20)24/h14-15,17-18,22,24,29H,5-13H2,1-4H3. The van der Waals surface area contributed by atoms with Crippen molar-refractivity contribution in [2.24, 2.45) is 23.2 Å². The van der Waals surface area contributed by atoms with Crippen LogP contribution in [0, 0.1) is 23.2 Å². The lowest BCUT2D eigenvalue weighted by atomic mass is 9.66. The van der Waals surface area contributed by atoms with Gasteiger partial charge >= 0.3 is 5.97 Å². The monoisotopic (exact) mass is 483 g/mol. The van der Waals surface area contributed by atoms with Crippen LogP contribution in [-0.4, -0.2) is 43.0 Å². The van der Waals surface area contributed by atoms with Crippen LogP contribution < -0.4 is 5.32 Å². The quantitative estimate of drug-likeness (QED) is 0.601. The molecule has 35 heavy (non-hydrogen) atoms. The highest BCUT2D eigenvalue weighted by Gasteiger charge is 2.49. The molecule has 0 aromatic carbocycles. The highest BCUT2D eigenvalue weighted by molar-refractivity contribution is 6.08. The van der Waals surface area contributed by atoms with Crippen LogP contribution in [0.1, 0.15) is 72.6 Å². The number of esters is 1. The van der Waals surface area contributed by atoms with Gasteiger partial charge in [0.1, 0.15) is 12.7 Å². The third-order valence-electron chi connectivity index (χ3n) is 8.24. The summed E-state index contributed by atoms with van der Waals surface area (Å²) >= 11 is 0. The van der Waals surface area contributed by atoms with Gasteiger partial charge in [-0.3, -0.25) is 9.59 Å². The fourth-order valence-corrected chi connectivity index (χ4v) is 6.47. The Morgan fingerprint density at radius 3 is 2.74 bits per heavy atom. The van der Waals surface area contributed by atoms with Crippen LogP contribution in [0.5, 0.6) is 0 Å². The van der Waals surface area contributed by atoms with E-state index in [4.69, 9.17) is 14.2 Å². The first kappa shape index (κ1) is 24.3. The number of rotatable bonds is 4. The van der Waals surface area contributed by atoms with Crippen LogP contribution in [0.4, 0.5) is 0 Å². The van der Waals surface area contributed by atoms with E-state index in [-0.39, 0.29) is 41.7 Å². The molecule has 7 nitrogen and oxygen atoms in total. The molecule has 5 atom stereocenters. The molecule has 2 aliphatic carbocycles. The van der Waals surface area contributed by atoms with Crippen LogP contribution in [0.3, 0.4) is 0 Å². The van der Waals surface area contributed by atoms with Gasteiger partial charge in [0, 0.05) is 35.6 Å². The summed E-state index contributed by atoms with van der Waals surface area (Å²) in [5, 5.41) is 3.34. The molecule has 0 aromatic heterocycles. The molecule has 1 saturated carbocycles.